The molecule has 0 saturated heterocycles. The lowest BCUT2D eigenvalue weighted by atomic mass is 9.96. The summed E-state index contributed by atoms with van der Waals surface area (Å²) in [6.45, 7) is 8.27. The first-order valence-corrected chi connectivity index (χ1v) is 6.53. The van der Waals surface area contributed by atoms with Crippen LogP contribution in [0.5, 0.6) is 0 Å². The smallest absolute Gasteiger partial charge is 0.324 e. The molecule has 1 aromatic carbocycles. The van der Waals surface area contributed by atoms with Crippen molar-refractivity contribution in [3.63, 3.8) is 0 Å². The Kier molecular flexibility index (Phi) is 3.21. The molecule has 0 aliphatic heterocycles. The maximum Gasteiger partial charge on any atom is 0.419 e. The molecule has 112 valence electrons. The molecule has 1 aromatic rings. The fourth-order valence-corrected chi connectivity index (χ4v) is 3.31. The van der Waals surface area contributed by atoms with E-state index in [1.165, 1.54) is 6.07 Å². The Hall–Kier alpha value is -1.10. The van der Waals surface area contributed by atoms with E-state index in [9.17, 15) is 17.6 Å². The van der Waals surface area contributed by atoms with Crippen LogP contribution < -0.4 is 5.73 Å². The predicted octanol–water partition coefficient (Wildman–Crippen LogP) is 4.53. The van der Waals surface area contributed by atoms with Crippen LogP contribution in [0.1, 0.15) is 44.9 Å². The monoisotopic (exact) mass is 289 g/mol. The Bertz CT molecular complexity index is 517. The number of nitrogens with two attached hydrogens (primary N) is 1. The number of rotatable bonds is 2. The molecule has 0 heterocycles. The molecule has 0 bridgehead atoms. The van der Waals surface area contributed by atoms with E-state index >= 15 is 0 Å². The molecular formula is C15H19F4N. The van der Waals surface area contributed by atoms with Gasteiger partial charge in [-0.2, -0.15) is 13.2 Å². The average molecular weight is 289 g/mol. The van der Waals surface area contributed by atoms with Gasteiger partial charge in [0.25, 0.3) is 0 Å². The van der Waals surface area contributed by atoms with Gasteiger partial charge in [0, 0.05) is 6.04 Å². The molecule has 0 aromatic heterocycles. The van der Waals surface area contributed by atoms with Crippen LogP contribution in [-0.2, 0) is 6.18 Å². The molecule has 1 aliphatic carbocycles. The fourth-order valence-electron chi connectivity index (χ4n) is 3.31. The molecule has 1 aliphatic rings. The fraction of sp³-hybridized carbons (Fsp3) is 0.600. The van der Waals surface area contributed by atoms with Gasteiger partial charge in [0.2, 0.25) is 0 Å². The van der Waals surface area contributed by atoms with Gasteiger partial charge in [-0.15, -0.1) is 0 Å². The topological polar surface area (TPSA) is 26.0 Å². The van der Waals surface area contributed by atoms with Gasteiger partial charge in [-0.25, -0.2) is 4.39 Å². The highest BCUT2D eigenvalue weighted by molar-refractivity contribution is 5.32. The van der Waals surface area contributed by atoms with Gasteiger partial charge in [-0.1, -0.05) is 33.8 Å². The van der Waals surface area contributed by atoms with Crippen molar-refractivity contribution in [2.75, 3.05) is 0 Å². The van der Waals surface area contributed by atoms with E-state index in [0.717, 1.165) is 12.1 Å². The summed E-state index contributed by atoms with van der Waals surface area (Å²) in [6, 6.07) is 2.50. The zero-order valence-corrected chi connectivity index (χ0v) is 12.0. The summed E-state index contributed by atoms with van der Waals surface area (Å²) in [7, 11) is 0. The van der Waals surface area contributed by atoms with Crippen molar-refractivity contribution >= 4 is 0 Å². The van der Waals surface area contributed by atoms with Crippen LogP contribution in [0.15, 0.2) is 18.2 Å². The molecular weight excluding hydrogens is 270 g/mol. The second-order valence-electron chi connectivity index (χ2n) is 6.68. The molecule has 5 heteroatoms. The summed E-state index contributed by atoms with van der Waals surface area (Å²) in [5, 5.41) is 0. The molecule has 1 unspecified atom stereocenters. The number of hydrogen-bond acceptors (Lipinski definition) is 1. The number of benzene rings is 1. The van der Waals surface area contributed by atoms with E-state index in [1.54, 1.807) is 0 Å². The Morgan fingerprint density at radius 3 is 1.95 bits per heavy atom. The number of halogens is 4. The van der Waals surface area contributed by atoms with Crippen molar-refractivity contribution in [3.8, 4) is 0 Å². The summed E-state index contributed by atoms with van der Waals surface area (Å²) in [5.74, 6) is -1.15. The Labute approximate surface area is 116 Å². The summed E-state index contributed by atoms with van der Waals surface area (Å²) in [5.41, 5.74) is 5.28. The molecule has 2 N–H and O–H groups in total. The predicted molar refractivity (Wildman–Crippen MR) is 69.4 cm³/mol. The first-order valence-electron chi connectivity index (χ1n) is 6.53. The number of hydrogen-bond donors (Lipinski definition) is 1. The minimum Gasteiger partial charge on any atom is -0.324 e. The third-order valence-corrected chi connectivity index (χ3v) is 5.17. The first-order chi connectivity index (χ1) is 8.90. The maximum absolute atomic E-state index is 13.6. The highest BCUT2D eigenvalue weighted by Gasteiger charge is 2.66. The van der Waals surface area contributed by atoms with Crippen LogP contribution in [0.4, 0.5) is 17.6 Å². The van der Waals surface area contributed by atoms with Crippen LogP contribution in [0.25, 0.3) is 0 Å². The quantitative estimate of drug-likeness (QED) is 0.795. The molecule has 1 nitrogen and oxygen atoms in total. The van der Waals surface area contributed by atoms with Crippen LogP contribution in [0.2, 0.25) is 0 Å². The summed E-state index contributed by atoms with van der Waals surface area (Å²) >= 11 is 0. The Morgan fingerprint density at radius 2 is 1.60 bits per heavy atom. The Morgan fingerprint density at radius 1 is 1.10 bits per heavy atom. The minimum atomic E-state index is -4.68. The third kappa shape index (κ3) is 2.12. The van der Waals surface area contributed by atoms with Gasteiger partial charge in [-0.05, 0) is 34.4 Å². The van der Waals surface area contributed by atoms with E-state index in [2.05, 4.69) is 27.7 Å². The summed E-state index contributed by atoms with van der Waals surface area (Å²) in [4.78, 5) is 0. The van der Waals surface area contributed by atoms with Crippen LogP contribution in [-0.4, -0.2) is 0 Å². The average Bonchev–Trinajstić information content (AvgIpc) is 2.66. The zero-order valence-electron chi connectivity index (χ0n) is 12.0. The summed E-state index contributed by atoms with van der Waals surface area (Å²) < 4.78 is 51.2. The second-order valence-corrected chi connectivity index (χ2v) is 6.68. The molecule has 0 spiro atoms. The molecule has 1 saturated carbocycles. The Balaban J connectivity index is 2.30. The first kappa shape index (κ1) is 15.3. The highest BCUT2D eigenvalue weighted by Crippen LogP contribution is 2.71. The maximum atomic E-state index is 13.6. The van der Waals surface area contributed by atoms with Gasteiger partial charge < -0.3 is 5.73 Å². The van der Waals surface area contributed by atoms with Crippen molar-refractivity contribution in [2.45, 2.75) is 39.9 Å². The highest BCUT2D eigenvalue weighted by atomic mass is 19.4. The minimum absolute atomic E-state index is 0.00834. The van der Waals surface area contributed by atoms with Crippen molar-refractivity contribution in [1.29, 1.82) is 0 Å². The molecule has 0 radical (unpaired) electrons. The van der Waals surface area contributed by atoms with E-state index in [4.69, 9.17) is 5.73 Å². The van der Waals surface area contributed by atoms with Crippen molar-refractivity contribution in [3.05, 3.63) is 35.1 Å². The largest absolute Gasteiger partial charge is 0.419 e. The molecule has 2 rings (SSSR count). The van der Waals surface area contributed by atoms with Gasteiger partial charge in [-0.3, -0.25) is 0 Å². The second kappa shape index (κ2) is 4.20. The zero-order chi connectivity index (χ0) is 15.5. The molecule has 20 heavy (non-hydrogen) atoms. The van der Waals surface area contributed by atoms with Gasteiger partial charge in [0.05, 0.1) is 5.56 Å². The van der Waals surface area contributed by atoms with Crippen molar-refractivity contribution < 1.29 is 17.6 Å². The van der Waals surface area contributed by atoms with Crippen LogP contribution in [0, 0.1) is 22.6 Å². The van der Waals surface area contributed by atoms with Gasteiger partial charge in [0.1, 0.15) is 5.82 Å². The van der Waals surface area contributed by atoms with Crippen molar-refractivity contribution in [1.82, 2.24) is 0 Å². The van der Waals surface area contributed by atoms with Crippen molar-refractivity contribution in [2.24, 2.45) is 22.5 Å². The van der Waals surface area contributed by atoms with Gasteiger partial charge in [0.15, 0.2) is 0 Å². The molecule has 1 atom stereocenters. The normalized spacial score (nSPS) is 22.6. The van der Waals surface area contributed by atoms with Gasteiger partial charge >= 0.3 is 6.18 Å². The SMILES string of the molecule is CC1(C)C(C(N)c2ccc(C(F)(F)F)c(F)c2)C1(C)C. The standard InChI is InChI=1S/C15H19F4N/c1-13(2)12(14(13,3)4)11(20)8-5-6-9(10(16)7-8)15(17,18)19/h5-7,11-12H,20H2,1-4H3. The lowest BCUT2D eigenvalue weighted by Crippen LogP contribution is -2.18. The van der Waals surface area contributed by atoms with E-state index in [0.29, 0.717) is 5.56 Å². The molecule has 1 fully saturated rings. The third-order valence-electron chi connectivity index (χ3n) is 5.17. The molecule has 0 amide bonds. The van der Waals surface area contributed by atoms with Crippen LogP contribution in [0.3, 0.4) is 0 Å². The lowest BCUT2D eigenvalue weighted by Gasteiger charge is -2.16. The van der Waals surface area contributed by atoms with E-state index in [-0.39, 0.29) is 16.7 Å². The van der Waals surface area contributed by atoms with E-state index in [1.807, 2.05) is 0 Å². The summed E-state index contributed by atoms with van der Waals surface area (Å²) in [6.07, 6.45) is -4.68. The number of alkyl halides is 3. The van der Waals surface area contributed by atoms with Crippen LogP contribution >= 0.6 is 0 Å². The lowest BCUT2D eigenvalue weighted by molar-refractivity contribution is -0.140. The van der Waals surface area contributed by atoms with E-state index < -0.39 is 23.6 Å².